The number of aryl methyl sites for hydroxylation is 1. The Morgan fingerprint density at radius 1 is 0.914 bits per heavy atom. The number of anilines is 1. The van der Waals surface area contributed by atoms with Crippen LogP contribution in [0.15, 0.2) is 36.4 Å². The first-order valence-corrected chi connectivity index (χ1v) is 13.6. The smallest absolute Gasteiger partial charge is 0.335 e. The fraction of sp³-hybridized carbons (Fsp3) is 0.500. The molecule has 0 unspecified atom stereocenters. The molecular weight excluding hydrogens is 434 g/mol. The number of nitrogens with zero attached hydrogens (tertiary/aromatic N) is 3. The fourth-order valence-corrected chi connectivity index (χ4v) is 6.78. The summed E-state index contributed by atoms with van der Waals surface area (Å²) in [7, 11) is 0. The molecule has 35 heavy (non-hydrogen) atoms. The molecule has 3 aliphatic rings. The molecule has 6 rings (SSSR count). The number of hydrogen-bond acceptors (Lipinski definition) is 3. The highest BCUT2D eigenvalue weighted by Gasteiger charge is 2.31. The standard InChI is InChI=1S/C30H37N3O2/c1-21-9-11-25-26(19-21)32(16-15-31-13-5-6-14-31)17-18-33-27-20-23(30(34)35)10-12-24(27)28(29(25)33)22-7-3-2-4-8-22/h9-12,19-20,22H,2-8,13-18H2,1H3,(H,34,35). The van der Waals surface area contributed by atoms with Gasteiger partial charge in [0.1, 0.15) is 0 Å². The summed E-state index contributed by atoms with van der Waals surface area (Å²) < 4.78 is 2.45. The summed E-state index contributed by atoms with van der Waals surface area (Å²) in [6.07, 6.45) is 9.00. The summed E-state index contributed by atoms with van der Waals surface area (Å²) in [6.45, 7) is 8.63. The van der Waals surface area contributed by atoms with Crippen molar-refractivity contribution in [2.24, 2.45) is 0 Å². The van der Waals surface area contributed by atoms with Gasteiger partial charge < -0.3 is 19.5 Å². The molecule has 0 spiro atoms. The molecule has 0 radical (unpaired) electrons. The first-order chi connectivity index (χ1) is 17.1. The molecule has 1 aliphatic carbocycles. The van der Waals surface area contributed by atoms with Gasteiger partial charge in [-0.1, -0.05) is 37.5 Å². The largest absolute Gasteiger partial charge is 0.478 e. The van der Waals surface area contributed by atoms with E-state index in [4.69, 9.17) is 0 Å². The van der Waals surface area contributed by atoms with E-state index in [1.165, 1.54) is 91.5 Å². The fourth-order valence-electron chi connectivity index (χ4n) is 6.78. The quantitative estimate of drug-likeness (QED) is 0.476. The number of carboxylic acids is 1. The van der Waals surface area contributed by atoms with Crippen LogP contribution in [0.25, 0.3) is 22.2 Å². The summed E-state index contributed by atoms with van der Waals surface area (Å²) in [6, 6.07) is 12.8. The lowest BCUT2D eigenvalue weighted by molar-refractivity contribution is 0.0697. The summed E-state index contributed by atoms with van der Waals surface area (Å²) in [5.41, 5.74) is 8.24. The van der Waals surface area contributed by atoms with Gasteiger partial charge in [-0.25, -0.2) is 4.79 Å². The molecule has 2 aromatic carbocycles. The summed E-state index contributed by atoms with van der Waals surface area (Å²) in [5, 5.41) is 11.0. The van der Waals surface area contributed by atoms with E-state index in [1.54, 1.807) is 6.07 Å². The van der Waals surface area contributed by atoms with Crippen LogP contribution in [0.5, 0.6) is 0 Å². The number of aromatic nitrogens is 1. The number of fused-ring (bicyclic) bond motifs is 5. The minimum absolute atomic E-state index is 0.382. The third kappa shape index (κ3) is 4.14. The SMILES string of the molecule is Cc1ccc2c(c1)N(CCN1CCCC1)CCn1c-2c(C2CCCCC2)c2ccc(C(=O)O)cc21. The van der Waals surface area contributed by atoms with E-state index >= 15 is 0 Å². The van der Waals surface area contributed by atoms with Crippen LogP contribution in [-0.2, 0) is 6.54 Å². The monoisotopic (exact) mass is 471 g/mol. The Labute approximate surface area is 208 Å². The first-order valence-electron chi connectivity index (χ1n) is 13.6. The van der Waals surface area contributed by atoms with E-state index in [-0.39, 0.29) is 0 Å². The highest BCUT2D eigenvalue weighted by Crippen LogP contribution is 2.47. The zero-order valence-electron chi connectivity index (χ0n) is 20.9. The normalized spacial score (nSPS) is 19.1. The van der Waals surface area contributed by atoms with Crippen LogP contribution < -0.4 is 4.90 Å². The number of aromatic carboxylic acids is 1. The Balaban J connectivity index is 1.51. The van der Waals surface area contributed by atoms with Crippen molar-refractivity contribution in [3.63, 3.8) is 0 Å². The van der Waals surface area contributed by atoms with E-state index in [1.807, 2.05) is 6.07 Å². The Hall–Kier alpha value is -2.79. The molecule has 2 fully saturated rings. The van der Waals surface area contributed by atoms with Crippen LogP contribution >= 0.6 is 0 Å². The third-order valence-corrected chi connectivity index (χ3v) is 8.59. The second kappa shape index (κ2) is 9.34. The lowest BCUT2D eigenvalue weighted by Crippen LogP contribution is -2.35. The predicted molar refractivity (Wildman–Crippen MR) is 143 cm³/mol. The molecule has 184 valence electrons. The number of hydrogen-bond donors (Lipinski definition) is 1. The summed E-state index contributed by atoms with van der Waals surface area (Å²) in [4.78, 5) is 17.1. The maximum absolute atomic E-state index is 11.9. The van der Waals surface area contributed by atoms with Crippen molar-refractivity contribution in [2.75, 3.05) is 37.6 Å². The number of benzene rings is 2. The highest BCUT2D eigenvalue weighted by atomic mass is 16.4. The number of rotatable bonds is 5. The van der Waals surface area contributed by atoms with Crippen LogP contribution in [0.2, 0.25) is 0 Å². The van der Waals surface area contributed by atoms with Gasteiger partial charge in [-0.2, -0.15) is 0 Å². The maximum Gasteiger partial charge on any atom is 0.335 e. The Bertz CT molecular complexity index is 1250. The first kappa shape index (κ1) is 22.7. The molecule has 0 bridgehead atoms. The van der Waals surface area contributed by atoms with Crippen LogP contribution in [-0.4, -0.2) is 53.3 Å². The lowest BCUT2D eigenvalue weighted by atomic mass is 9.81. The van der Waals surface area contributed by atoms with Crippen molar-refractivity contribution in [1.82, 2.24) is 9.47 Å². The molecule has 0 amide bonds. The maximum atomic E-state index is 11.9. The second-order valence-electron chi connectivity index (χ2n) is 10.8. The van der Waals surface area contributed by atoms with Gasteiger partial charge in [0.2, 0.25) is 0 Å². The molecule has 2 aliphatic heterocycles. The summed E-state index contributed by atoms with van der Waals surface area (Å²) >= 11 is 0. The van der Waals surface area contributed by atoms with Gasteiger partial charge in [0.25, 0.3) is 0 Å². The van der Waals surface area contributed by atoms with Crippen molar-refractivity contribution in [3.8, 4) is 11.3 Å². The average Bonchev–Trinajstić information content (AvgIpc) is 3.47. The van der Waals surface area contributed by atoms with E-state index in [9.17, 15) is 9.90 Å². The lowest BCUT2D eigenvalue weighted by Gasteiger charge is -2.28. The molecule has 1 saturated carbocycles. The van der Waals surface area contributed by atoms with Gasteiger partial charge in [0.15, 0.2) is 0 Å². The molecule has 0 atom stereocenters. The van der Waals surface area contributed by atoms with E-state index < -0.39 is 5.97 Å². The minimum Gasteiger partial charge on any atom is -0.478 e. The minimum atomic E-state index is -0.849. The van der Waals surface area contributed by atoms with E-state index in [0.717, 1.165) is 31.7 Å². The van der Waals surface area contributed by atoms with Crippen LogP contribution in [0.4, 0.5) is 5.69 Å². The molecule has 3 heterocycles. The molecule has 5 heteroatoms. The van der Waals surface area contributed by atoms with E-state index in [0.29, 0.717) is 11.5 Å². The molecular formula is C30H37N3O2. The Morgan fingerprint density at radius 2 is 1.71 bits per heavy atom. The molecule has 1 N–H and O–H groups in total. The molecule has 3 aromatic rings. The van der Waals surface area contributed by atoms with Crippen molar-refractivity contribution in [3.05, 3.63) is 53.1 Å². The number of carboxylic acid groups (broad SMARTS) is 1. The van der Waals surface area contributed by atoms with Crippen LogP contribution in [0.3, 0.4) is 0 Å². The third-order valence-electron chi connectivity index (χ3n) is 8.59. The number of likely N-dealkylation sites (tertiary alicyclic amines) is 1. The van der Waals surface area contributed by atoms with Crippen molar-refractivity contribution >= 4 is 22.6 Å². The van der Waals surface area contributed by atoms with Gasteiger partial charge in [0, 0.05) is 48.3 Å². The number of carbonyl (C=O) groups is 1. The zero-order chi connectivity index (χ0) is 23.9. The highest BCUT2D eigenvalue weighted by molar-refractivity contribution is 5.99. The second-order valence-corrected chi connectivity index (χ2v) is 10.8. The Morgan fingerprint density at radius 3 is 2.49 bits per heavy atom. The van der Waals surface area contributed by atoms with Crippen molar-refractivity contribution < 1.29 is 9.90 Å². The van der Waals surface area contributed by atoms with Gasteiger partial charge in [-0.15, -0.1) is 0 Å². The van der Waals surface area contributed by atoms with Crippen LogP contribution in [0, 0.1) is 6.92 Å². The van der Waals surface area contributed by atoms with E-state index in [2.05, 4.69) is 45.6 Å². The van der Waals surface area contributed by atoms with Gasteiger partial charge >= 0.3 is 5.97 Å². The molecule has 1 aromatic heterocycles. The van der Waals surface area contributed by atoms with Gasteiger partial charge in [-0.3, -0.25) is 0 Å². The Kier molecular flexibility index (Phi) is 6.05. The van der Waals surface area contributed by atoms with Gasteiger partial charge in [-0.05, 0) is 80.9 Å². The van der Waals surface area contributed by atoms with Crippen LogP contribution in [0.1, 0.15) is 72.3 Å². The van der Waals surface area contributed by atoms with Gasteiger partial charge in [0.05, 0.1) is 11.3 Å². The topological polar surface area (TPSA) is 48.7 Å². The molecule has 5 nitrogen and oxygen atoms in total. The zero-order valence-corrected chi connectivity index (χ0v) is 20.9. The average molecular weight is 472 g/mol. The molecule has 1 saturated heterocycles. The summed E-state index contributed by atoms with van der Waals surface area (Å²) in [5.74, 6) is -0.304. The van der Waals surface area contributed by atoms with Crippen molar-refractivity contribution in [1.29, 1.82) is 0 Å². The van der Waals surface area contributed by atoms with Crippen molar-refractivity contribution in [2.45, 2.75) is 64.3 Å². The predicted octanol–water partition coefficient (Wildman–Crippen LogP) is 6.28.